The van der Waals surface area contributed by atoms with Gasteiger partial charge in [0.05, 0.1) is 0 Å². The van der Waals surface area contributed by atoms with Crippen molar-refractivity contribution in [3.63, 3.8) is 0 Å². The van der Waals surface area contributed by atoms with Crippen LogP contribution in [0.15, 0.2) is 73.1 Å². The third kappa shape index (κ3) is 4.54. The predicted octanol–water partition coefficient (Wildman–Crippen LogP) is 3.61. The molecule has 1 aromatic heterocycles. The Kier molecular flexibility index (Phi) is 5.70. The molecule has 1 N–H and O–H groups in total. The van der Waals surface area contributed by atoms with Crippen LogP contribution in [0.3, 0.4) is 0 Å². The highest BCUT2D eigenvalue weighted by Gasteiger charge is 2.23. The molecule has 0 bridgehead atoms. The summed E-state index contributed by atoms with van der Waals surface area (Å²) in [6.07, 6.45) is 1.45. The summed E-state index contributed by atoms with van der Waals surface area (Å²) in [4.78, 5) is 25.6. The maximum Gasteiger partial charge on any atom is 0.272 e. The number of amides is 1. The third-order valence-electron chi connectivity index (χ3n) is 5.24. The Bertz CT molecular complexity index is 940. The van der Waals surface area contributed by atoms with E-state index >= 15 is 0 Å². The summed E-state index contributed by atoms with van der Waals surface area (Å²) in [5.41, 5.74) is 2.79. The molecule has 3 aromatic rings. The van der Waals surface area contributed by atoms with Crippen LogP contribution in [0.5, 0.6) is 0 Å². The van der Waals surface area contributed by atoms with Crippen LogP contribution >= 0.6 is 0 Å². The fourth-order valence-corrected chi connectivity index (χ4v) is 3.57. The van der Waals surface area contributed by atoms with E-state index in [4.69, 9.17) is 0 Å². The van der Waals surface area contributed by atoms with E-state index in [1.165, 1.54) is 12.0 Å². The topological polar surface area (TPSA) is 61.4 Å². The lowest BCUT2D eigenvalue weighted by Crippen LogP contribution is -2.49. The van der Waals surface area contributed by atoms with Crippen LogP contribution in [-0.2, 0) is 0 Å². The number of nitrogens with one attached hydrogen (secondary N) is 1. The van der Waals surface area contributed by atoms with Gasteiger partial charge in [0.2, 0.25) is 0 Å². The molecule has 1 aliphatic rings. The maximum atomic E-state index is 12.9. The number of carbonyl (C=O) groups is 1. The summed E-state index contributed by atoms with van der Waals surface area (Å²) in [5.74, 6) is 0.609. The van der Waals surface area contributed by atoms with Gasteiger partial charge in [-0.25, -0.2) is 9.97 Å². The first-order valence-electron chi connectivity index (χ1n) is 9.93. The fourth-order valence-electron chi connectivity index (χ4n) is 3.57. The Hall–Kier alpha value is -3.41. The Balaban J connectivity index is 1.39. The fraction of sp³-hybridized carbons (Fsp3) is 0.261. The minimum Gasteiger partial charge on any atom is -0.368 e. The van der Waals surface area contributed by atoms with Gasteiger partial charge in [-0.05, 0) is 24.6 Å². The highest BCUT2D eigenvalue weighted by Crippen LogP contribution is 2.19. The molecule has 4 rings (SSSR count). The van der Waals surface area contributed by atoms with E-state index in [1.54, 1.807) is 6.07 Å². The van der Waals surface area contributed by atoms with Crippen LogP contribution in [0.2, 0.25) is 0 Å². The zero-order valence-corrected chi connectivity index (χ0v) is 16.5. The van der Waals surface area contributed by atoms with Crippen LogP contribution in [-0.4, -0.2) is 47.0 Å². The lowest BCUT2D eigenvalue weighted by atomic mass is 10.1. The quantitative estimate of drug-likeness (QED) is 0.725. The average molecular weight is 387 g/mol. The highest BCUT2D eigenvalue weighted by atomic mass is 16.2. The maximum absolute atomic E-state index is 12.9. The second kappa shape index (κ2) is 8.73. The van der Waals surface area contributed by atoms with Crippen LogP contribution in [0.25, 0.3) is 0 Å². The number of benzene rings is 2. The van der Waals surface area contributed by atoms with E-state index in [0.29, 0.717) is 24.6 Å². The minimum absolute atomic E-state index is 0.0458. The van der Waals surface area contributed by atoms with Crippen LogP contribution < -0.4 is 10.2 Å². The molecule has 6 heteroatoms. The monoisotopic (exact) mass is 387 g/mol. The van der Waals surface area contributed by atoms with Gasteiger partial charge < -0.3 is 15.1 Å². The smallest absolute Gasteiger partial charge is 0.272 e. The predicted molar refractivity (Wildman–Crippen MR) is 115 cm³/mol. The normalized spacial score (nSPS) is 15.1. The average Bonchev–Trinajstić information content (AvgIpc) is 2.80. The van der Waals surface area contributed by atoms with Gasteiger partial charge in [-0.1, -0.05) is 48.5 Å². The molecule has 1 aliphatic heterocycles. The van der Waals surface area contributed by atoms with E-state index in [9.17, 15) is 4.79 Å². The van der Waals surface area contributed by atoms with E-state index < -0.39 is 0 Å². The summed E-state index contributed by atoms with van der Waals surface area (Å²) in [7, 11) is 0. The van der Waals surface area contributed by atoms with Gasteiger partial charge >= 0.3 is 0 Å². The molecular weight excluding hydrogens is 362 g/mol. The molecule has 29 heavy (non-hydrogen) atoms. The number of hydrogen-bond acceptors (Lipinski definition) is 5. The molecule has 0 spiro atoms. The third-order valence-corrected chi connectivity index (χ3v) is 5.24. The van der Waals surface area contributed by atoms with Crippen molar-refractivity contribution >= 4 is 17.4 Å². The first kappa shape index (κ1) is 18.9. The second-order valence-electron chi connectivity index (χ2n) is 7.18. The molecular formula is C23H25N5O. The molecule has 1 atom stereocenters. The zero-order valence-electron chi connectivity index (χ0n) is 16.5. The van der Waals surface area contributed by atoms with Gasteiger partial charge in [-0.2, -0.15) is 0 Å². The Morgan fingerprint density at radius 2 is 1.59 bits per heavy atom. The number of carbonyl (C=O) groups excluding carboxylic acids is 1. The molecule has 148 valence electrons. The van der Waals surface area contributed by atoms with Crippen molar-refractivity contribution in [2.24, 2.45) is 0 Å². The lowest BCUT2D eigenvalue weighted by Gasteiger charge is -2.36. The van der Waals surface area contributed by atoms with E-state index in [-0.39, 0.29) is 11.9 Å². The van der Waals surface area contributed by atoms with Crippen LogP contribution in [0.1, 0.15) is 29.0 Å². The minimum atomic E-state index is -0.0458. The standard InChI is InChI=1S/C23H25N5O/c1-18(19-8-4-2-5-9-19)26-22-16-21(24-17-25-22)23(29)28-14-12-27(13-15-28)20-10-6-3-7-11-20/h2-11,16-18H,12-15H2,1H3,(H,24,25,26). The largest absolute Gasteiger partial charge is 0.368 e. The highest BCUT2D eigenvalue weighted by molar-refractivity contribution is 5.93. The first-order valence-corrected chi connectivity index (χ1v) is 9.93. The number of anilines is 2. The Morgan fingerprint density at radius 3 is 2.28 bits per heavy atom. The van der Waals surface area contributed by atoms with Gasteiger partial charge in [-0.3, -0.25) is 4.79 Å². The molecule has 2 aromatic carbocycles. The van der Waals surface area contributed by atoms with Crippen molar-refractivity contribution < 1.29 is 4.79 Å². The van der Waals surface area contributed by atoms with Crippen LogP contribution in [0.4, 0.5) is 11.5 Å². The van der Waals surface area contributed by atoms with E-state index in [1.807, 2.05) is 41.3 Å². The molecule has 0 radical (unpaired) electrons. The molecule has 2 heterocycles. The number of piperazine rings is 1. The zero-order chi connectivity index (χ0) is 20.1. The Morgan fingerprint density at radius 1 is 0.931 bits per heavy atom. The number of aromatic nitrogens is 2. The van der Waals surface area contributed by atoms with Crippen molar-refractivity contribution in [2.45, 2.75) is 13.0 Å². The molecule has 0 aliphatic carbocycles. The van der Waals surface area contributed by atoms with Crippen molar-refractivity contribution in [2.75, 3.05) is 36.4 Å². The van der Waals surface area contributed by atoms with Crippen molar-refractivity contribution in [1.29, 1.82) is 0 Å². The number of nitrogens with zero attached hydrogens (tertiary/aromatic N) is 4. The van der Waals surface area contributed by atoms with Gasteiger partial charge in [0.25, 0.3) is 5.91 Å². The van der Waals surface area contributed by atoms with Crippen molar-refractivity contribution in [3.05, 3.63) is 84.3 Å². The van der Waals surface area contributed by atoms with Crippen molar-refractivity contribution in [1.82, 2.24) is 14.9 Å². The summed E-state index contributed by atoms with van der Waals surface area (Å²) in [6.45, 7) is 5.07. The van der Waals surface area contributed by atoms with Crippen molar-refractivity contribution in [3.8, 4) is 0 Å². The molecule has 6 nitrogen and oxygen atoms in total. The van der Waals surface area contributed by atoms with E-state index in [0.717, 1.165) is 18.7 Å². The molecule has 1 fully saturated rings. The summed E-state index contributed by atoms with van der Waals surface area (Å²) in [6, 6.07) is 22.3. The van der Waals surface area contributed by atoms with Gasteiger partial charge in [0.15, 0.2) is 0 Å². The Labute approximate surface area is 171 Å². The van der Waals surface area contributed by atoms with Gasteiger partial charge in [0.1, 0.15) is 17.8 Å². The van der Waals surface area contributed by atoms with E-state index in [2.05, 4.69) is 51.4 Å². The lowest BCUT2D eigenvalue weighted by molar-refractivity contribution is 0.0740. The molecule has 1 unspecified atom stereocenters. The number of hydrogen-bond donors (Lipinski definition) is 1. The second-order valence-corrected chi connectivity index (χ2v) is 7.18. The number of rotatable bonds is 5. The summed E-state index contributed by atoms with van der Waals surface area (Å²) >= 11 is 0. The van der Waals surface area contributed by atoms with Gasteiger partial charge in [0, 0.05) is 44.0 Å². The first-order chi connectivity index (χ1) is 14.2. The summed E-state index contributed by atoms with van der Waals surface area (Å²) in [5, 5.41) is 3.35. The summed E-state index contributed by atoms with van der Waals surface area (Å²) < 4.78 is 0. The van der Waals surface area contributed by atoms with Crippen LogP contribution in [0, 0.1) is 0 Å². The SMILES string of the molecule is CC(Nc1cc(C(=O)N2CCN(c3ccccc3)CC2)ncn1)c1ccccc1. The molecule has 1 amide bonds. The number of para-hydroxylation sites is 1. The molecule has 1 saturated heterocycles. The van der Waals surface area contributed by atoms with Gasteiger partial charge in [-0.15, -0.1) is 0 Å². The molecule has 0 saturated carbocycles.